The Balaban J connectivity index is 1.81. The molecule has 2 aliphatic carbocycles. The molecule has 2 saturated carbocycles. The highest BCUT2D eigenvalue weighted by Crippen LogP contribution is 2.30. The molecular weight excluding hydrogens is 564 g/mol. The summed E-state index contributed by atoms with van der Waals surface area (Å²) >= 11 is 1.30. The van der Waals surface area contributed by atoms with Gasteiger partial charge in [0.15, 0.2) is 5.13 Å². The fraction of sp³-hybridized carbons (Fsp3) is 0.848. The Hall–Kier alpha value is -1.75. The smallest absolute Gasteiger partial charge is 0.224 e. The number of aliphatic hydroxyl groups is 3. The zero-order valence-corrected chi connectivity index (χ0v) is 27.8. The van der Waals surface area contributed by atoms with Gasteiger partial charge in [-0.3, -0.25) is 9.59 Å². The van der Waals surface area contributed by atoms with Crippen molar-refractivity contribution in [3.8, 4) is 0 Å². The molecule has 2 fully saturated rings. The van der Waals surface area contributed by atoms with Gasteiger partial charge in [0, 0.05) is 31.3 Å². The second-order valence-corrected chi connectivity index (χ2v) is 15.3. The molecule has 0 radical (unpaired) electrons. The van der Waals surface area contributed by atoms with Crippen molar-refractivity contribution < 1.29 is 24.9 Å². The number of amides is 2. The molecule has 0 unspecified atom stereocenters. The van der Waals surface area contributed by atoms with E-state index < -0.39 is 29.8 Å². The number of nitrogen functional groups attached to an aromatic ring is 1. The Bertz CT molecular complexity index is 984. The third-order valence-electron chi connectivity index (χ3n) is 9.11. The molecule has 3 rings (SSSR count). The molecule has 1 heterocycles. The van der Waals surface area contributed by atoms with Crippen LogP contribution in [0.4, 0.5) is 5.13 Å². The number of anilines is 1. The van der Waals surface area contributed by atoms with Crippen molar-refractivity contribution in [1.82, 2.24) is 15.2 Å². The van der Waals surface area contributed by atoms with E-state index in [2.05, 4.69) is 10.3 Å². The number of nitrogens with two attached hydrogens (primary N) is 1. The summed E-state index contributed by atoms with van der Waals surface area (Å²) in [5.74, 6) is -0.257. The number of hydrogen-bond acceptors (Lipinski definition) is 8. The molecule has 0 spiro atoms. The number of hydrogen-bond donors (Lipinski definition) is 5. The van der Waals surface area contributed by atoms with Gasteiger partial charge in [0.1, 0.15) is 6.10 Å². The molecule has 4 atom stereocenters. The third-order valence-corrected chi connectivity index (χ3v) is 9.83. The molecule has 1 aromatic rings. The van der Waals surface area contributed by atoms with Gasteiger partial charge in [-0.1, -0.05) is 65.2 Å². The molecule has 9 nitrogen and oxygen atoms in total. The molecular formula is C33H58N4O5S. The number of rotatable bonds is 16. The van der Waals surface area contributed by atoms with Gasteiger partial charge in [0.05, 0.1) is 29.4 Å². The lowest BCUT2D eigenvalue weighted by atomic mass is 9.82. The maximum atomic E-state index is 14.0. The third kappa shape index (κ3) is 12.6. The molecule has 2 amide bonds. The molecule has 1 aromatic heterocycles. The van der Waals surface area contributed by atoms with Gasteiger partial charge >= 0.3 is 0 Å². The lowest BCUT2D eigenvalue weighted by Crippen LogP contribution is -2.52. The number of carbonyl (C=O) groups is 2. The second-order valence-electron chi connectivity index (χ2n) is 14.4. The van der Waals surface area contributed by atoms with E-state index in [1.165, 1.54) is 24.2 Å². The van der Waals surface area contributed by atoms with E-state index >= 15 is 0 Å². The van der Waals surface area contributed by atoms with Crippen LogP contribution < -0.4 is 11.1 Å². The minimum Gasteiger partial charge on any atom is -0.390 e. The number of thiazole rings is 1. The van der Waals surface area contributed by atoms with Crippen molar-refractivity contribution in [1.29, 1.82) is 0 Å². The highest BCUT2D eigenvalue weighted by molar-refractivity contribution is 7.13. The fourth-order valence-electron chi connectivity index (χ4n) is 6.93. The van der Waals surface area contributed by atoms with Crippen molar-refractivity contribution in [2.45, 2.75) is 141 Å². The number of carbonyl (C=O) groups excluding carboxylic acids is 2. The average Bonchev–Trinajstić information content (AvgIpc) is 3.35. The highest BCUT2D eigenvalue weighted by Gasteiger charge is 2.35. The van der Waals surface area contributed by atoms with Crippen LogP contribution in [0.5, 0.6) is 0 Å². The van der Waals surface area contributed by atoms with Gasteiger partial charge in [-0.15, -0.1) is 11.3 Å². The van der Waals surface area contributed by atoms with E-state index in [9.17, 15) is 24.9 Å². The summed E-state index contributed by atoms with van der Waals surface area (Å²) in [6, 6.07) is -0.614. The summed E-state index contributed by atoms with van der Waals surface area (Å²) in [6.07, 6.45) is 10.4. The van der Waals surface area contributed by atoms with E-state index in [-0.39, 0.29) is 37.1 Å². The normalized spacial score (nSPS) is 20.0. The Labute approximate surface area is 263 Å². The van der Waals surface area contributed by atoms with E-state index in [0.29, 0.717) is 42.0 Å². The predicted octanol–water partition coefficient (Wildman–Crippen LogP) is 4.68. The van der Waals surface area contributed by atoms with Gasteiger partial charge in [-0.2, -0.15) is 0 Å². The number of nitrogens with zero attached hydrogens (tertiary/aromatic N) is 2. The standard InChI is InChI=1S/C33H58N4O5S/c1-22(2)15-28(38)30(40)27(16-23-11-7-5-8-12-23)36-31(41)25(17-26-20-43-32(34)35-26)18-29(39)37(21-33(3,4)42)19-24-13-9-6-10-14-24/h20,22-25,27-28,30,38,40,42H,5-19,21H2,1-4H3,(H2,34,35)(H,36,41)/t25-,27+,28+,30-/m1/s1. The fourth-order valence-corrected chi connectivity index (χ4v) is 7.50. The van der Waals surface area contributed by atoms with Crippen molar-refractivity contribution >= 4 is 28.3 Å². The molecule has 10 heteroatoms. The van der Waals surface area contributed by atoms with Gasteiger partial charge in [-0.05, 0) is 57.3 Å². The minimum atomic E-state index is -1.10. The summed E-state index contributed by atoms with van der Waals surface area (Å²) in [5.41, 5.74) is 5.49. The Kier molecular flexibility index (Phi) is 14.2. The zero-order valence-electron chi connectivity index (χ0n) is 27.0. The van der Waals surface area contributed by atoms with Crippen LogP contribution in [0.3, 0.4) is 0 Å². The average molecular weight is 623 g/mol. The molecule has 43 heavy (non-hydrogen) atoms. The van der Waals surface area contributed by atoms with Gasteiger partial charge < -0.3 is 31.3 Å². The van der Waals surface area contributed by atoms with E-state index in [1.807, 2.05) is 19.2 Å². The molecule has 0 bridgehead atoms. The van der Waals surface area contributed by atoms with Gasteiger partial charge in [0.25, 0.3) is 0 Å². The van der Waals surface area contributed by atoms with Crippen LogP contribution >= 0.6 is 11.3 Å². The largest absolute Gasteiger partial charge is 0.390 e. The van der Waals surface area contributed by atoms with E-state index in [0.717, 1.165) is 51.4 Å². The first-order valence-electron chi connectivity index (χ1n) is 16.7. The van der Waals surface area contributed by atoms with E-state index in [4.69, 9.17) is 5.73 Å². The quantitative estimate of drug-likeness (QED) is 0.180. The number of aliphatic hydroxyl groups excluding tert-OH is 2. The van der Waals surface area contributed by atoms with Crippen LogP contribution in [-0.4, -0.2) is 74.0 Å². The summed E-state index contributed by atoms with van der Waals surface area (Å²) < 4.78 is 0. The first-order chi connectivity index (χ1) is 20.3. The Morgan fingerprint density at radius 2 is 1.67 bits per heavy atom. The summed E-state index contributed by atoms with van der Waals surface area (Å²) in [5, 5.41) is 38.1. The number of aromatic nitrogens is 1. The SMILES string of the molecule is CC(C)C[C@H](O)[C@H](O)[C@H](CC1CCCCC1)NC(=O)[C@@H](CC(=O)N(CC1CCCCC1)CC(C)(C)O)Cc1csc(N)n1. The van der Waals surface area contributed by atoms with Crippen LogP contribution in [0.15, 0.2) is 5.38 Å². The van der Waals surface area contributed by atoms with Crippen LogP contribution in [-0.2, 0) is 16.0 Å². The molecule has 2 aliphatic rings. The number of nitrogens with one attached hydrogen (secondary N) is 1. The van der Waals surface area contributed by atoms with Crippen molar-refractivity contribution in [3.63, 3.8) is 0 Å². The minimum absolute atomic E-state index is 0.0349. The van der Waals surface area contributed by atoms with Crippen LogP contribution in [0.25, 0.3) is 0 Å². The summed E-state index contributed by atoms with van der Waals surface area (Å²) in [4.78, 5) is 34.0. The van der Waals surface area contributed by atoms with Crippen molar-refractivity contribution in [3.05, 3.63) is 11.1 Å². The monoisotopic (exact) mass is 622 g/mol. The molecule has 0 saturated heterocycles. The first-order valence-corrected chi connectivity index (χ1v) is 17.5. The second kappa shape index (κ2) is 17.1. The lowest BCUT2D eigenvalue weighted by molar-refractivity contribution is -0.140. The molecule has 0 aliphatic heterocycles. The Morgan fingerprint density at radius 3 is 2.21 bits per heavy atom. The molecule has 246 valence electrons. The maximum absolute atomic E-state index is 14.0. The molecule has 0 aromatic carbocycles. The predicted molar refractivity (Wildman–Crippen MR) is 172 cm³/mol. The van der Waals surface area contributed by atoms with E-state index in [1.54, 1.807) is 18.7 Å². The van der Waals surface area contributed by atoms with Crippen LogP contribution in [0, 0.1) is 23.7 Å². The lowest BCUT2D eigenvalue weighted by Gasteiger charge is -2.35. The van der Waals surface area contributed by atoms with Crippen LogP contribution in [0.2, 0.25) is 0 Å². The zero-order chi connectivity index (χ0) is 31.6. The summed E-state index contributed by atoms with van der Waals surface area (Å²) in [6.45, 7) is 8.18. The van der Waals surface area contributed by atoms with Gasteiger partial charge in [-0.25, -0.2) is 4.98 Å². The van der Waals surface area contributed by atoms with Gasteiger partial charge in [0.2, 0.25) is 11.8 Å². The van der Waals surface area contributed by atoms with Crippen molar-refractivity contribution in [2.24, 2.45) is 23.7 Å². The molecule has 6 N–H and O–H groups in total. The topological polar surface area (TPSA) is 149 Å². The Morgan fingerprint density at radius 1 is 1.07 bits per heavy atom. The first kappa shape index (κ1) is 35.7. The van der Waals surface area contributed by atoms with Crippen LogP contribution in [0.1, 0.15) is 117 Å². The van der Waals surface area contributed by atoms with Crippen molar-refractivity contribution in [2.75, 3.05) is 18.8 Å². The highest BCUT2D eigenvalue weighted by atomic mass is 32.1. The maximum Gasteiger partial charge on any atom is 0.224 e. The summed E-state index contributed by atoms with van der Waals surface area (Å²) in [7, 11) is 0.